The van der Waals surface area contributed by atoms with E-state index in [2.05, 4.69) is 149 Å². The van der Waals surface area contributed by atoms with Crippen molar-refractivity contribution in [2.45, 2.75) is 0 Å². The fraction of sp³-hybridized carbons (Fsp3) is 0. The molecule has 0 saturated carbocycles. The van der Waals surface area contributed by atoms with Crippen LogP contribution in [0.3, 0.4) is 0 Å². The number of hydrogen-bond donors (Lipinski definition) is 0. The molecule has 5 heteroatoms. The largest absolute Gasteiger partial charge is 2.00 e. The summed E-state index contributed by atoms with van der Waals surface area (Å²) in [4.78, 5) is 10.2. The molecule has 0 bridgehead atoms. The number of rotatable bonds is 3. The molecule has 0 N–H and O–H groups in total. The zero-order valence-electron chi connectivity index (χ0n) is 23.0. The van der Waals surface area contributed by atoms with E-state index in [9.17, 15) is 0 Å². The van der Waals surface area contributed by atoms with Crippen LogP contribution in [0.5, 0.6) is 0 Å². The number of pyridine rings is 2. The zero-order valence-corrected chi connectivity index (χ0v) is 25.2. The number of hydrogen-bond acceptors (Lipinski definition) is 2. The minimum atomic E-state index is 0. The van der Waals surface area contributed by atoms with Crippen LogP contribution in [0.4, 0.5) is 0 Å². The minimum Gasteiger partial charge on any atom is -0.294 e. The van der Waals surface area contributed by atoms with E-state index in [1.165, 1.54) is 21.5 Å². The van der Waals surface area contributed by atoms with Crippen LogP contribution in [0.2, 0.25) is 0 Å². The summed E-state index contributed by atoms with van der Waals surface area (Å²) in [5, 5.41) is 7.06. The third-order valence-corrected chi connectivity index (χ3v) is 8.37. The van der Waals surface area contributed by atoms with Crippen molar-refractivity contribution in [3.05, 3.63) is 146 Å². The third-order valence-electron chi connectivity index (χ3n) is 8.37. The van der Waals surface area contributed by atoms with Crippen molar-refractivity contribution in [3.63, 3.8) is 0 Å². The van der Waals surface area contributed by atoms with Gasteiger partial charge in [-0.3, -0.25) is 14.1 Å². The van der Waals surface area contributed by atoms with E-state index >= 15 is 0 Å². The molecule has 0 aliphatic carbocycles. The van der Waals surface area contributed by atoms with E-state index in [1.807, 2.05) is 6.20 Å². The zero-order chi connectivity index (χ0) is 27.6. The molecular formula is C38H24N4Pt+2. The number of para-hydroxylation sites is 3. The summed E-state index contributed by atoms with van der Waals surface area (Å²) in [5.41, 5.74) is 7.50. The van der Waals surface area contributed by atoms with Gasteiger partial charge in [-0.05, 0) is 53.9 Å². The summed E-state index contributed by atoms with van der Waals surface area (Å²) in [6, 6.07) is 49.2. The quantitative estimate of drug-likeness (QED) is 0.182. The number of nitrogens with zero attached hydrogens (tertiary/aromatic N) is 4. The molecule has 0 fully saturated rings. The topological polar surface area (TPSA) is 35.6 Å². The second-order valence-electron chi connectivity index (χ2n) is 10.7. The van der Waals surface area contributed by atoms with E-state index < -0.39 is 0 Å². The van der Waals surface area contributed by atoms with Crippen LogP contribution in [0.25, 0.3) is 77.3 Å². The van der Waals surface area contributed by atoms with Crippen LogP contribution in [0.15, 0.2) is 146 Å². The van der Waals surface area contributed by atoms with Crippen LogP contribution in [-0.2, 0) is 21.1 Å². The maximum atomic E-state index is 5.39. The van der Waals surface area contributed by atoms with E-state index in [1.54, 1.807) is 0 Å². The van der Waals surface area contributed by atoms with E-state index in [-0.39, 0.29) is 21.1 Å². The van der Waals surface area contributed by atoms with Gasteiger partial charge in [0.25, 0.3) is 0 Å². The second-order valence-corrected chi connectivity index (χ2v) is 10.7. The van der Waals surface area contributed by atoms with E-state index in [0.29, 0.717) is 0 Å². The first kappa shape index (κ1) is 25.6. The van der Waals surface area contributed by atoms with E-state index in [0.717, 1.165) is 55.7 Å². The summed E-state index contributed by atoms with van der Waals surface area (Å²) < 4.78 is 4.57. The Bertz CT molecular complexity index is 2470. The Morgan fingerprint density at radius 1 is 0.465 bits per heavy atom. The Morgan fingerprint density at radius 2 is 1.09 bits per heavy atom. The second kappa shape index (κ2) is 10.0. The monoisotopic (exact) mass is 731 g/mol. The van der Waals surface area contributed by atoms with Gasteiger partial charge in [0, 0.05) is 44.4 Å². The molecule has 0 radical (unpaired) electrons. The summed E-state index contributed by atoms with van der Waals surface area (Å²) in [7, 11) is 0. The van der Waals surface area contributed by atoms with Crippen LogP contribution in [-0.4, -0.2) is 19.1 Å². The number of fused-ring (bicyclic) bond motifs is 7. The Balaban J connectivity index is 0.00000278. The van der Waals surface area contributed by atoms with Crippen LogP contribution in [0, 0.1) is 0 Å². The van der Waals surface area contributed by atoms with Crippen molar-refractivity contribution >= 4 is 54.5 Å². The molecule has 43 heavy (non-hydrogen) atoms. The van der Waals surface area contributed by atoms with E-state index in [4.69, 9.17) is 9.97 Å². The molecule has 0 spiro atoms. The van der Waals surface area contributed by atoms with Gasteiger partial charge in [-0.25, -0.2) is 4.98 Å². The predicted molar refractivity (Wildman–Crippen MR) is 174 cm³/mol. The van der Waals surface area contributed by atoms with Crippen LogP contribution in [0.1, 0.15) is 0 Å². The molecule has 9 rings (SSSR count). The molecular weight excluding hydrogens is 708 g/mol. The first-order chi connectivity index (χ1) is 20.8. The van der Waals surface area contributed by atoms with Crippen LogP contribution >= 0.6 is 0 Å². The van der Waals surface area contributed by atoms with Gasteiger partial charge in [0.2, 0.25) is 0 Å². The molecule has 4 nitrogen and oxygen atoms in total. The van der Waals surface area contributed by atoms with Gasteiger partial charge in [-0.1, -0.05) is 91.0 Å². The summed E-state index contributed by atoms with van der Waals surface area (Å²) in [6.45, 7) is 0. The van der Waals surface area contributed by atoms with Crippen molar-refractivity contribution in [1.29, 1.82) is 0 Å². The summed E-state index contributed by atoms with van der Waals surface area (Å²) >= 11 is 0. The minimum absolute atomic E-state index is 0. The third kappa shape index (κ3) is 3.87. The normalized spacial score (nSPS) is 11.5. The molecule has 0 saturated heterocycles. The van der Waals surface area contributed by atoms with Crippen molar-refractivity contribution < 1.29 is 21.1 Å². The molecule has 0 aliphatic heterocycles. The fourth-order valence-electron chi connectivity index (χ4n) is 6.51. The van der Waals surface area contributed by atoms with Crippen molar-refractivity contribution in [1.82, 2.24) is 19.1 Å². The van der Waals surface area contributed by atoms with Gasteiger partial charge in [0.15, 0.2) is 0 Å². The maximum Gasteiger partial charge on any atom is 2.00 e. The molecule has 5 aromatic carbocycles. The molecule has 0 atom stereocenters. The predicted octanol–water partition coefficient (Wildman–Crippen LogP) is 9.49. The van der Waals surface area contributed by atoms with Gasteiger partial charge < -0.3 is 0 Å². The molecule has 0 unspecified atom stereocenters. The van der Waals surface area contributed by atoms with Gasteiger partial charge in [0.05, 0.1) is 22.2 Å². The summed E-state index contributed by atoms with van der Waals surface area (Å²) in [6.07, 6.45) is 1.90. The Kier molecular flexibility index (Phi) is 5.99. The number of benzene rings is 5. The Hall–Kier alpha value is -5.05. The van der Waals surface area contributed by atoms with Crippen LogP contribution < -0.4 is 0 Å². The van der Waals surface area contributed by atoms with Crippen molar-refractivity contribution in [3.8, 4) is 22.8 Å². The first-order valence-electron chi connectivity index (χ1n) is 14.2. The first-order valence-corrected chi connectivity index (χ1v) is 14.2. The molecule has 204 valence electrons. The molecule has 4 aromatic heterocycles. The standard InChI is InChI=1S/C38H24N4.Pt/c1-2-11-27(12-3-1)41-33-16-8-7-15-30(33)32-20-21-36(40-38(32)41)42-34-17-9-6-14-29(34)31-19-18-26(24-35(31)42)37-28-13-5-4-10-25(28)22-23-39-37;/h1-24H;/q;+2. The smallest absolute Gasteiger partial charge is 0.294 e. The van der Waals surface area contributed by atoms with Crippen molar-refractivity contribution in [2.75, 3.05) is 0 Å². The fourth-order valence-corrected chi connectivity index (χ4v) is 6.51. The molecule has 0 aliphatic rings. The maximum absolute atomic E-state index is 5.39. The van der Waals surface area contributed by atoms with Gasteiger partial charge in [-0.15, -0.1) is 0 Å². The Morgan fingerprint density at radius 3 is 1.91 bits per heavy atom. The average Bonchev–Trinajstić information content (AvgIpc) is 3.57. The molecule has 4 heterocycles. The summed E-state index contributed by atoms with van der Waals surface area (Å²) in [5.74, 6) is 0.886. The molecule has 0 amide bonds. The SMILES string of the molecule is [Pt+2].c1ccc(-n2c3ccccc3c3ccc(-n4c5ccccc5c5ccc(-c6nccc7ccccc67)cc54)nc32)cc1. The van der Waals surface area contributed by atoms with Gasteiger partial charge >= 0.3 is 21.1 Å². The average molecular weight is 732 g/mol. The van der Waals surface area contributed by atoms with Gasteiger partial charge in [-0.2, -0.15) is 0 Å². The Labute approximate surface area is 262 Å². The van der Waals surface area contributed by atoms with Crippen molar-refractivity contribution in [2.24, 2.45) is 0 Å². The molecule has 9 aromatic rings. The van der Waals surface area contributed by atoms with Gasteiger partial charge in [0.1, 0.15) is 11.5 Å². The number of aromatic nitrogens is 4.